The van der Waals surface area contributed by atoms with Gasteiger partial charge in [0.05, 0.1) is 6.04 Å². The lowest BCUT2D eigenvalue weighted by atomic mass is 10.0. The summed E-state index contributed by atoms with van der Waals surface area (Å²) in [6, 6.07) is 6.07. The zero-order valence-electron chi connectivity index (χ0n) is 10.7. The van der Waals surface area contributed by atoms with Crippen molar-refractivity contribution in [1.29, 1.82) is 0 Å². The van der Waals surface area contributed by atoms with Crippen LogP contribution in [0.2, 0.25) is 5.02 Å². The van der Waals surface area contributed by atoms with Crippen molar-refractivity contribution in [3.8, 4) is 0 Å². The molecular formula is C14H19ClN2O. The van der Waals surface area contributed by atoms with Crippen molar-refractivity contribution >= 4 is 17.9 Å². The summed E-state index contributed by atoms with van der Waals surface area (Å²) in [5.74, 6) is 0. The molecule has 0 amide bonds. The van der Waals surface area contributed by atoms with Crippen LogP contribution in [0.4, 0.5) is 0 Å². The number of halogens is 1. The Morgan fingerprint density at radius 1 is 1.56 bits per heavy atom. The van der Waals surface area contributed by atoms with Crippen LogP contribution < -0.4 is 5.32 Å². The zero-order valence-corrected chi connectivity index (χ0v) is 11.4. The third-order valence-electron chi connectivity index (χ3n) is 3.46. The van der Waals surface area contributed by atoms with Gasteiger partial charge in [-0.05, 0) is 30.0 Å². The van der Waals surface area contributed by atoms with E-state index in [1.54, 1.807) is 0 Å². The quantitative estimate of drug-likeness (QED) is 0.826. The Balaban J connectivity index is 2.07. The standard InChI is InChI=1S/C14H19ClN2O/c1-2-12-4-3-11(8-14(12)15)7-13(9-18)17-6-5-16-10-17/h3-4,8-9,13,16H,2,5-7,10H2,1H3. The number of aldehydes is 1. The predicted octanol–water partition coefficient (Wildman–Crippen LogP) is 1.88. The van der Waals surface area contributed by atoms with E-state index in [1.807, 2.05) is 6.07 Å². The minimum atomic E-state index is -0.0523. The molecule has 0 radical (unpaired) electrons. The van der Waals surface area contributed by atoms with Crippen LogP contribution in [0, 0.1) is 0 Å². The molecule has 18 heavy (non-hydrogen) atoms. The second-order valence-corrected chi connectivity index (χ2v) is 5.06. The van der Waals surface area contributed by atoms with E-state index in [2.05, 4.69) is 29.3 Å². The van der Waals surface area contributed by atoms with Gasteiger partial charge >= 0.3 is 0 Å². The highest BCUT2D eigenvalue weighted by atomic mass is 35.5. The SMILES string of the molecule is CCc1ccc(CC(C=O)N2CCNC2)cc1Cl. The van der Waals surface area contributed by atoms with Gasteiger partial charge in [-0.15, -0.1) is 0 Å². The second kappa shape index (κ2) is 6.32. The first-order valence-electron chi connectivity index (χ1n) is 6.42. The molecule has 0 spiro atoms. The topological polar surface area (TPSA) is 32.3 Å². The monoisotopic (exact) mass is 266 g/mol. The number of nitrogens with zero attached hydrogens (tertiary/aromatic N) is 1. The first-order chi connectivity index (χ1) is 8.74. The number of aryl methyl sites for hydroxylation is 1. The maximum atomic E-state index is 11.2. The number of nitrogens with one attached hydrogen (secondary N) is 1. The van der Waals surface area contributed by atoms with E-state index in [-0.39, 0.29) is 6.04 Å². The maximum Gasteiger partial charge on any atom is 0.137 e. The molecule has 0 aromatic heterocycles. The lowest BCUT2D eigenvalue weighted by Gasteiger charge is -2.21. The summed E-state index contributed by atoms with van der Waals surface area (Å²) in [6.07, 6.45) is 2.70. The predicted molar refractivity (Wildman–Crippen MR) is 74.0 cm³/mol. The van der Waals surface area contributed by atoms with Crippen molar-refractivity contribution in [3.63, 3.8) is 0 Å². The van der Waals surface area contributed by atoms with Crippen molar-refractivity contribution in [3.05, 3.63) is 34.3 Å². The van der Waals surface area contributed by atoms with Gasteiger partial charge in [0, 0.05) is 24.8 Å². The van der Waals surface area contributed by atoms with Gasteiger partial charge in [-0.1, -0.05) is 30.7 Å². The number of benzene rings is 1. The van der Waals surface area contributed by atoms with Crippen molar-refractivity contribution in [2.24, 2.45) is 0 Å². The summed E-state index contributed by atoms with van der Waals surface area (Å²) in [6.45, 7) is 4.78. The van der Waals surface area contributed by atoms with E-state index < -0.39 is 0 Å². The fourth-order valence-electron chi connectivity index (χ4n) is 2.32. The van der Waals surface area contributed by atoms with Gasteiger partial charge < -0.3 is 10.1 Å². The Kier molecular flexibility index (Phi) is 4.75. The van der Waals surface area contributed by atoms with Gasteiger partial charge in [0.1, 0.15) is 6.29 Å². The Labute approximate surface area is 113 Å². The Morgan fingerprint density at radius 3 is 2.94 bits per heavy atom. The fourth-order valence-corrected chi connectivity index (χ4v) is 2.65. The van der Waals surface area contributed by atoms with Gasteiger partial charge in [-0.2, -0.15) is 0 Å². The van der Waals surface area contributed by atoms with Crippen molar-refractivity contribution < 1.29 is 4.79 Å². The van der Waals surface area contributed by atoms with Crippen molar-refractivity contribution in [2.45, 2.75) is 25.8 Å². The van der Waals surface area contributed by atoms with Crippen LogP contribution in [0.1, 0.15) is 18.1 Å². The molecule has 0 saturated carbocycles. The maximum absolute atomic E-state index is 11.2. The van der Waals surface area contributed by atoms with E-state index >= 15 is 0 Å². The van der Waals surface area contributed by atoms with E-state index in [4.69, 9.17) is 11.6 Å². The smallest absolute Gasteiger partial charge is 0.137 e. The molecule has 0 bridgehead atoms. The summed E-state index contributed by atoms with van der Waals surface area (Å²) in [5, 5.41) is 4.05. The number of hydrogen-bond acceptors (Lipinski definition) is 3. The van der Waals surface area contributed by atoms with E-state index in [1.165, 1.54) is 0 Å². The molecule has 98 valence electrons. The highest BCUT2D eigenvalue weighted by molar-refractivity contribution is 6.31. The van der Waals surface area contributed by atoms with Gasteiger partial charge in [-0.3, -0.25) is 4.90 Å². The molecule has 1 aliphatic rings. The number of rotatable bonds is 5. The van der Waals surface area contributed by atoms with Crippen LogP contribution in [0.15, 0.2) is 18.2 Å². The van der Waals surface area contributed by atoms with Gasteiger partial charge in [-0.25, -0.2) is 0 Å². The molecule has 3 nitrogen and oxygen atoms in total. The number of carbonyl (C=O) groups excluding carboxylic acids is 1. The molecule has 1 heterocycles. The van der Waals surface area contributed by atoms with Gasteiger partial charge in [0.2, 0.25) is 0 Å². The third kappa shape index (κ3) is 3.10. The largest absolute Gasteiger partial charge is 0.303 e. The molecule has 1 unspecified atom stereocenters. The molecule has 1 fully saturated rings. The molecule has 1 atom stereocenters. The Hall–Kier alpha value is -0.900. The Morgan fingerprint density at radius 2 is 2.39 bits per heavy atom. The van der Waals surface area contributed by atoms with Crippen LogP contribution in [0.5, 0.6) is 0 Å². The highest BCUT2D eigenvalue weighted by Gasteiger charge is 2.21. The van der Waals surface area contributed by atoms with Crippen LogP contribution in [0.25, 0.3) is 0 Å². The molecule has 4 heteroatoms. The Bertz CT molecular complexity index is 416. The average Bonchev–Trinajstić information content (AvgIpc) is 2.90. The molecule has 2 rings (SSSR count). The second-order valence-electron chi connectivity index (χ2n) is 4.66. The van der Waals surface area contributed by atoms with Gasteiger partial charge in [0.25, 0.3) is 0 Å². The fraction of sp³-hybridized carbons (Fsp3) is 0.500. The number of carbonyl (C=O) groups is 1. The minimum Gasteiger partial charge on any atom is -0.303 e. The first-order valence-corrected chi connectivity index (χ1v) is 6.79. The van der Waals surface area contributed by atoms with Gasteiger partial charge in [0.15, 0.2) is 0 Å². The summed E-state index contributed by atoms with van der Waals surface area (Å²) in [5.41, 5.74) is 2.28. The molecule has 1 aromatic rings. The highest BCUT2D eigenvalue weighted by Crippen LogP contribution is 2.20. The van der Waals surface area contributed by atoms with Crippen LogP contribution in [-0.2, 0) is 17.6 Å². The number of hydrogen-bond donors (Lipinski definition) is 1. The molecule has 1 saturated heterocycles. The summed E-state index contributed by atoms with van der Waals surface area (Å²) in [4.78, 5) is 13.4. The van der Waals surface area contributed by atoms with E-state index in [0.717, 1.165) is 55.0 Å². The molecule has 1 N–H and O–H groups in total. The molecule has 1 aromatic carbocycles. The minimum absolute atomic E-state index is 0.0523. The van der Waals surface area contributed by atoms with Crippen LogP contribution in [0.3, 0.4) is 0 Å². The normalized spacial score (nSPS) is 17.9. The summed E-state index contributed by atoms with van der Waals surface area (Å²) >= 11 is 6.20. The molecule has 0 aliphatic carbocycles. The van der Waals surface area contributed by atoms with Crippen molar-refractivity contribution in [1.82, 2.24) is 10.2 Å². The van der Waals surface area contributed by atoms with Crippen molar-refractivity contribution in [2.75, 3.05) is 19.8 Å². The summed E-state index contributed by atoms with van der Waals surface area (Å²) in [7, 11) is 0. The summed E-state index contributed by atoms with van der Waals surface area (Å²) < 4.78 is 0. The lowest BCUT2D eigenvalue weighted by Crippen LogP contribution is -2.37. The van der Waals surface area contributed by atoms with Crippen LogP contribution >= 0.6 is 11.6 Å². The molecular weight excluding hydrogens is 248 g/mol. The van der Waals surface area contributed by atoms with E-state index in [0.29, 0.717) is 0 Å². The lowest BCUT2D eigenvalue weighted by molar-refractivity contribution is -0.112. The first kappa shape index (κ1) is 13.5. The van der Waals surface area contributed by atoms with E-state index in [9.17, 15) is 4.79 Å². The third-order valence-corrected chi connectivity index (χ3v) is 3.81. The average molecular weight is 267 g/mol. The zero-order chi connectivity index (χ0) is 13.0. The molecule has 1 aliphatic heterocycles. The van der Waals surface area contributed by atoms with Crippen LogP contribution in [-0.4, -0.2) is 37.0 Å².